The average Bonchev–Trinajstić information content (AvgIpc) is 3.51. The first-order valence-corrected chi connectivity index (χ1v) is 15.5. The number of thioether (sulfide) groups is 1. The topological polar surface area (TPSA) is 109 Å². The highest BCUT2D eigenvalue weighted by atomic mass is 35.5. The number of rotatable bonds is 6. The lowest BCUT2D eigenvalue weighted by Gasteiger charge is -2.30. The molecule has 3 amide bonds. The number of thiazole rings is 1. The van der Waals surface area contributed by atoms with Crippen molar-refractivity contribution >= 4 is 74.6 Å². The number of ether oxygens (including phenoxy) is 1. The van der Waals surface area contributed by atoms with Crippen LogP contribution >= 0.6 is 34.7 Å². The molecule has 8 nitrogen and oxygen atoms in total. The lowest BCUT2D eigenvalue weighted by Crippen LogP contribution is -2.32. The Balaban J connectivity index is 1.16. The minimum absolute atomic E-state index is 0.232. The van der Waals surface area contributed by atoms with Gasteiger partial charge in [0.2, 0.25) is 11.8 Å². The zero-order chi connectivity index (χ0) is 29.7. The first-order valence-electron chi connectivity index (χ1n) is 13.4. The predicted octanol–water partition coefficient (Wildman–Crippen LogP) is 6.06. The molecule has 0 radical (unpaired) electrons. The molecule has 7 rings (SSSR count). The zero-order valence-electron chi connectivity index (χ0n) is 22.3. The molecule has 43 heavy (non-hydrogen) atoms. The normalized spacial score (nSPS) is 19.3. The fourth-order valence-corrected chi connectivity index (χ4v) is 8.33. The van der Waals surface area contributed by atoms with Gasteiger partial charge in [-0.15, -0.1) is 0 Å². The minimum atomic E-state index is -0.739. The van der Waals surface area contributed by atoms with Crippen LogP contribution in [0.1, 0.15) is 16.4 Å². The Morgan fingerprint density at radius 2 is 1.70 bits per heavy atom. The summed E-state index contributed by atoms with van der Waals surface area (Å²) in [7, 11) is 0. The Kier molecular flexibility index (Phi) is 7.04. The number of carbonyl (C=O) groups is 3. The molecule has 0 saturated carbocycles. The smallest absolute Gasteiger partial charge is 0.305 e. The van der Waals surface area contributed by atoms with Crippen molar-refractivity contribution in [1.82, 2.24) is 4.98 Å². The van der Waals surface area contributed by atoms with E-state index in [4.69, 9.17) is 16.3 Å². The zero-order valence-corrected chi connectivity index (χ0v) is 24.7. The lowest BCUT2D eigenvalue weighted by molar-refractivity contribution is -0.122. The Hall–Kier alpha value is -4.38. The molecule has 0 aliphatic carbocycles. The van der Waals surface area contributed by atoms with Gasteiger partial charge < -0.3 is 15.0 Å². The van der Waals surface area contributed by atoms with Crippen LogP contribution in [-0.4, -0.2) is 34.6 Å². The number of aromatic amines is 1. The Bertz CT molecular complexity index is 1970. The number of imide groups is 1. The van der Waals surface area contributed by atoms with Crippen molar-refractivity contribution in [1.29, 1.82) is 0 Å². The summed E-state index contributed by atoms with van der Waals surface area (Å²) >= 11 is 8.29. The van der Waals surface area contributed by atoms with Gasteiger partial charge in [0.05, 0.1) is 16.6 Å². The third-order valence-electron chi connectivity index (χ3n) is 7.56. The van der Waals surface area contributed by atoms with E-state index < -0.39 is 17.1 Å². The van der Waals surface area contributed by atoms with Crippen LogP contribution in [0.25, 0.3) is 10.8 Å². The van der Waals surface area contributed by atoms with Crippen LogP contribution in [0.15, 0.2) is 101 Å². The van der Waals surface area contributed by atoms with E-state index in [1.165, 1.54) is 16.7 Å². The van der Waals surface area contributed by atoms with E-state index in [2.05, 4.69) is 10.3 Å². The number of amides is 3. The molecule has 3 heterocycles. The van der Waals surface area contributed by atoms with E-state index in [1.807, 2.05) is 48.5 Å². The number of nitrogens with zero attached hydrogens (tertiary/aromatic N) is 1. The summed E-state index contributed by atoms with van der Waals surface area (Å²) in [6, 6.07) is 27.1. The highest BCUT2D eigenvalue weighted by molar-refractivity contribution is 8.00. The molecule has 0 bridgehead atoms. The molecule has 1 saturated heterocycles. The van der Waals surface area contributed by atoms with Gasteiger partial charge in [-0.2, -0.15) is 0 Å². The van der Waals surface area contributed by atoms with Crippen molar-refractivity contribution in [3.05, 3.63) is 116 Å². The fraction of sp³-hybridized carbons (Fsp3) is 0.125. The van der Waals surface area contributed by atoms with Gasteiger partial charge in [0.1, 0.15) is 11.0 Å². The molecule has 2 N–H and O–H groups in total. The number of nitrogens with one attached hydrogen (secondary N) is 2. The van der Waals surface area contributed by atoms with Gasteiger partial charge in [-0.25, -0.2) is 4.90 Å². The van der Waals surface area contributed by atoms with E-state index in [0.29, 0.717) is 37.6 Å². The van der Waals surface area contributed by atoms with Gasteiger partial charge in [0.25, 0.3) is 5.91 Å². The lowest BCUT2D eigenvalue weighted by atomic mass is 9.83. The van der Waals surface area contributed by atoms with Crippen LogP contribution in [0.3, 0.4) is 0 Å². The third kappa shape index (κ3) is 5.01. The fourth-order valence-electron chi connectivity index (χ4n) is 5.69. The highest BCUT2D eigenvalue weighted by Crippen LogP contribution is 2.53. The molecule has 5 aromatic rings. The molecular weight excluding hydrogens is 606 g/mol. The second-order valence-electron chi connectivity index (χ2n) is 10.2. The van der Waals surface area contributed by atoms with Gasteiger partial charge in [-0.3, -0.25) is 19.2 Å². The number of H-pyrrole nitrogens is 1. The number of benzene rings is 4. The van der Waals surface area contributed by atoms with E-state index >= 15 is 0 Å². The van der Waals surface area contributed by atoms with Gasteiger partial charge >= 0.3 is 4.87 Å². The predicted molar refractivity (Wildman–Crippen MR) is 168 cm³/mol. The maximum Gasteiger partial charge on any atom is 0.305 e. The monoisotopic (exact) mass is 627 g/mol. The summed E-state index contributed by atoms with van der Waals surface area (Å²) in [6.07, 6.45) is 0. The van der Waals surface area contributed by atoms with Crippen molar-refractivity contribution < 1.29 is 19.1 Å². The first-order chi connectivity index (χ1) is 20.9. The molecular formula is C32H22ClN3O5S2. The quantitative estimate of drug-likeness (QED) is 0.222. The van der Waals surface area contributed by atoms with Gasteiger partial charge in [0.15, 0.2) is 6.61 Å². The van der Waals surface area contributed by atoms with E-state index in [-0.39, 0.29) is 29.2 Å². The standard InChI is InChI=1S/C32H22ClN3O5S2/c33-19-11-13-20(14-12-19)36-30(38)26-25(27-29(35-32(40)43-27)42-28(26)31(36)39)18-7-3-8-21(15-18)41-16-24(37)34-23-10-4-6-17-5-1-2-9-22(17)23/h1-15,25-26,28H,16H2,(H,34,37)(H,35,40). The molecule has 0 spiro atoms. The van der Waals surface area contributed by atoms with Crippen LogP contribution in [0.4, 0.5) is 11.4 Å². The van der Waals surface area contributed by atoms with Crippen molar-refractivity contribution in [2.45, 2.75) is 16.2 Å². The average molecular weight is 628 g/mol. The van der Waals surface area contributed by atoms with Crippen LogP contribution in [0, 0.1) is 5.92 Å². The number of carbonyl (C=O) groups excluding carboxylic acids is 3. The number of fused-ring (bicyclic) bond motifs is 3. The largest absolute Gasteiger partial charge is 0.484 e. The van der Waals surface area contributed by atoms with Crippen molar-refractivity contribution in [3.8, 4) is 5.75 Å². The number of aromatic nitrogens is 1. The maximum absolute atomic E-state index is 13.9. The second kappa shape index (κ2) is 11.0. The number of hydrogen-bond donors (Lipinski definition) is 2. The number of hydrogen-bond acceptors (Lipinski definition) is 7. The third-order valence-corrected chi connectivity index (χ3v) is 10.2. The van der Waals surface area contributed by atoms with Crippen molar-refractivity contribution in [2.24, 2.45) is 5.92 Å². The summed E-state index contributed by atoms with van der Waals surface area (Å²) in [5.74, 6) is -1.89. The summed E-state index contributed by atoms with van der Waals surface area (Å²) in [5.41, 5.74) is 1.84. The molecule has 3 atom stereocenters. The summed E-state index contributed by atoms with van der Waals surface area (Å²) < 4.78 is 5.88. The molecule has 214 valence electrons. The second-order valence-corrected chi connectivity index (χ2v) is 12.8. The van der Waals surface area contributed by atoms with Crippen LogP contribution in [-0.2, 0) is 14.4 Å². The van der Waals surface area contributed by atoms with Crippen LogP contribution in [0.5, 0.6) is 5.75 Å². The Morgan fingerprint density at radius 1 is 0.930 bits per heavy atom. The molecule has 11 heteroatoms. The summed E-state index contributed by atoms with van der Waals surface area (Å²) in [4.78, 5) is 57.2. The summed E-state index contributed by atoms with van der Waals surface area (Å²) in [6.45, 7) is -0.232. The maximum atomic E-state index is 13.9. The van der Waals surface area contributed by atoms with Crippen LogP contribution in [0.2, 0.25) is 5.02 Å². The van der Waals surface area contributed by atoms with E-state index in [9.17, 15) is 19.2 Å². The molecule has 1 fully saturated rings. The Labute approximate surface area is 258 Å². The molecule has 3 unspecified atom stereocenters. The van der Waals surface area contributed by atoms with Crippen molar-refractivity contribution in [3.63, 3.8) is 0 Å². The summed E-state index contributed by atoms with van der Waals surface area (Å²) in [5, 5.41) is 5.21. The molecule has 4 aromatic carbocycles. The molecule has 2 aliphatic heterocycles. The van der Waals surface area contributed by atoms with Gasteiger partial charge in [-0.05, 0) is 53.4 Å². The van der Waals surface area contributed by atoms with E-state index in [1.54, 1.807) is 42.5 Å². The first kappa shape index (κ1) is 27.5. The van der Waals surface area contributed by atoms with E-state index in [0.717, 1.165) is 22.1 Å². The number of anilines is 2. The molecule has 2 aliphatic rings. The SMILES string of the molecule is O=C(COc1cccc(C2c3sc(=O)[nH]c3SC3C(=O)N(c4ccc(Cl)cc4)C(=O)C32)c1)Nc1cccc2ccccc12. The minimum Gasteiger partial charge on any atom is -0.484 e. The molecule has 1 aromatic heterocycles. The highest BCUT2D eigenvalue weighted by Gasteiger charge is 2.56. The van der Waals surface area contributed by atoms with Gasteiger partial charge in [-0.1, -0.05) is 83.2 Å². The van der Waals surface area contributed by atoms with Crippen LogP contribution < -0.4 is 19.8 Å². The number of halogens is 1. The van der Waals surface area contributed by atoms with Crippen molar-refractivity contribution in [2.75, 3.05) is 16.8 Å². The Morgan fingerprint density at radius 3 is 2.53 bits per heavy atom. The van der Waals surface area contributed by atoms with Gasteiger partial charge in [0, 0.05) is 26.9 Å².